The molecule has 0 spiro atoms. The van der Waals surface area contributed by atoms with Crippen LogP contribution in [0.3, 0.4) is 0 Å². The summed E-state index contributed by atoms with van der Waals surface area (Å²) in [5, 5.41) is 18.3. The zero-order valence-electron chi connectivity index (χ0n) is 16.4. The monoisotopic (exact) mass is 402 g/mol. The van der Waals surface area contributed by atoms with Crippen molar-refractivity contribution in [2.45, 2.75) is 18.3 Å². The molecule has 0 radical (unpaired) electrons. The second-order valence-corrected chi connectivity index (χ2v) is 7.02. The molecule has 1 saturated heterocycles. The van der Waals surface area contributed by atoms with Crippen LogP contribution in [-0.4, -0.2) is 40.0 Å². The average molecular weight is 402 g/mol. The van der Waals surface area contributed by atoms with Gasteiger partial charge in [-0.1, -0.05) is 36.4 Å². The van der Waals surface area contributed by atoms with Gasteiger partial charge in [0.15, 0.2) is 0 Å². The standard InChI is InChI=1S/C23H22N4O3/c24-17-23(18-5-2-1-3-6-18)13-15-27(16-14-23)22(29)12-10-20-8-4-7-19(25-20)9-11-21(28)26-30/h1-12,30H,13-16H2,(H,26,28). The van der Waals surface area contributed by atoms with E-state index in [1.165, 1.54) is 17.6 Å². The molecule has 1 aromatic heterocycles. The fourth-order valence-electron chi connectivity index (χ4n) is 3.45. The van der Waals surface area contributed by atoms with E-state index in [-0.39, 0.29) is 5.91 Å². The van der Waals surface area contributed by atoms with Crippen LogP contribution in [0.4, 0.5) is 0 Å². The Labute approximate surface area is 174 Å². The van der Waals surface area contributed by atoms with E-state index in [0.717, 1.165) is 11.6 Å². The van der Waals surface area contributed by atoms with Crippen molar-refractivity contribution in [1.29, 1.82) is 5.26 Å². The van der Waals surface area contributed by atoms with Gasteiger partial charge in [0, 0.05) is 25.2 Å². The van der Waals surface area contributed by atoms with Gasteiger partial charge in [0.25, 0.3) is 5.91 Å². The summed E-state index contributed by atoms with van der Waals surface area (Å²) in [4.78, 5) is 29.7. The lowest BCUT2D eigenvalue weighted by Crippen LogP contribution is -2.44. The van der Waals surface area contributed by atoms with E-state index in [2.05, 4.69) is 11.1 Å². The topological polar surface area (TPSA) is 106 Å². The molecule has 7 heteroatoms. The molecule has 0 saturated carbocycles. The second kappa shape index (κ2) is 9.63. The van der Waals surface area contributed by atoms with E-state index in [0.29, 0.717) is 37.3 Å². The van der Waals surface area contributed by atoms with Gasteiger partial charge in [-0.3, -0.25) is 14.8 Å². The molecule has 0 atom stereocenters. The Kier molecular flexibility index (Phi) is 6.73. The molecule has 152 valence electrons. The number of nitrogens with zero attached hydrogens (tertiary/aromatic N) is 3. The number of benzene rings is 1. The molecule has 1 aromatic carbocycles. The molecule has 1 fully saturated rings. The van der Waals surface area contributed by atoms with Crippen LogP contribution in [0.1, 0.15) is 29.8 Å². The van der Waals surface area contributed by atoms with Crippen LogP contribution in [0, 0.1) is 11.3 Å². The molecule has 0 aliphatic carbocycles. The fourth-order valence-corrected chi connectivity index (χ4v) is 3.45. The number of pyridine rings is 1. The highest BCUT2D eigenvalue weighted by molar-refractivity contribution is 5.92. The van der Waals surface area contributed by atoms with E-state index < -0.39 is 11.3 Å². The number of likely N-dealkylation sites (tertiary alicyclic amines) is 1. The quantitative estimate of drug-likeness (QED) is 0.454. The highest BCUT2D eigenvalue weighted by Gasteiger charge is 2.37. The molecular weight excluding hydrogens is 380 g/mol. The van der Waals surface area contributed by atoms with Gasteiger partial charge in [-0.2, -0.15) is 5.26 Å². The highest BCUT2D eigenvalue weighted by atomic mass is 16.5. The highest BCUT2D eigenvalue weighted by Crippen LogP contribution is 2.34. The molecule has 2 aromatic rings. The second-order valence-electron chi connectivity index (χ2n) is 7.02. The number of nitriles is 1. The molecule has 0 unspecified atom stereocenters. The number of hydrogen-bond donors (Lipinski definition) is 2. The van der Waals surface area contributed by atoms with Crippen molar-refractivity contribution in [2.24, 2.45) is 0 Å². The molecule has 1 aliphatic rings. The third-order valence-electron chi connectivity index (χ3n) is 5.17. The summed E-state index contributed by atoms with van der Waals surface area (Å²) in [5.41, 5.74) is 3.05. The van der Waals surface area contributed by atoms with E-state index in [9.17, 15) is 14.9 Å². The minimum Gasteiger partial charge on any atom is -0.339 e. The van der Waals surface area contributed by atoms with Crippen LogP contribution in [0.15, 0.2) is 60.7 Å². The molecule has 2 N–H and O–H groups in total. The first-order valence-corrected chi connectivity index (χ1v) is 9.59. The summed E-state index contributed by atoms with van der Waals surface area (Å²) < 4.78 is 0. The van der Waals surface area contributed by atoms with Gasteiger partial charge in [-0.05, 0) is 42.7 Å². The average Bonchev–Trinajstić information content (AvgIpc) is 2.81. The van der Waals surface area contributed by atoms with Gasteiger partial charge in [-0.25, -0.2) is 10.5 Å². The van der Waals surface area contributed by atoms with Gasteiger partial charge in [0.05, 0.1) is 22.9 Å². The number of rotatable bonds is 5. The zero-order valence-corrected chi connectivity index (χ0v) is 16.4. The van der Waals surface area contributed by atoms with Crippen LogP contribution in [0.5, 0.6) is 0 Å². The Hall–Kier alpha value is -3.76. The van der Waals surface area contributed by atoms with Crippen molar-refractivity contribution in [3.8, 4) is 6.07 Å². The summed E-state index contributed by atoms with van der Waals surface area (Å²) in [6.07, 6.45) is 6.90. The molecule has 3 rings (SSSR count). The number of piperidine rings is 1. The lowest BCUT2D eigenvalue weighted by atomic mass is 9.74. The number of carbonyl (C=O) groups excluding carboxylic acids is 2. The molecule has 30 heavy (non-hydrogen) atoms. The summed E-state index contributed by atoms with van der Waals surface area (Å²) in [5.74, 6) is -0.779. The lowest BCUT2D eigenvalue weighted by molar-refractivity contribution is -0.127. The van der Waals surface area contributed by atoms with Gasteiger partial charge < -0.3 is 4.90 Å². The number of nitrogens with one attached hydrogen (secondary N) is 1. The maximum Gasteiger partial charge on any atom is 0.267 e. The summed E-state index contributed by atoms with van der Waals surface area (Å²) in [7, 11) is 0. The predicted molar refractivity (Wildman–Crippen MR) is 112 cm³/mol. The Bertz CT molecular complexity index is 1000. The van der Waals surface area contributed by atoms with Crippen molar-refractivity contribution < 1.29 is 14.8 Å². The van der Waals surface area contributed by atoms with Crippen molar-refractivity contribution >= 4 is 24.0 Å². The molecular formula is C23H22N4O3. The van der Waals surface area contributed by atoms with Crippen LogP contribution in [0.25, 0.3) is 12.2 Å². The van der Waals surface area contributed by atoms with E-state index in [1.54, 1.807) is 29.2 Å². The molecule has 1 aliphatic heterocycles. The predicted octanol–water partition coefficient (Wildman–Crippen LogP) is 2.70. The maximum atomic E-state index is 12.6. The number of carbonyl (C=O) groups is 2. The maximum absolute atomic E-state index is 12.6. The Morgan fingerprint density at radius 3 is 2.27 bits per heavy atom. The van der Waals surface area contributed by atoms with Gasteiger partial charge in [0.2, 0.25) is 5.91 Å². The summed E-state index contributed by atoms with van der Waals surface area (Å²) in [6, 6.07) is 17.4. The number of amides is 2. The van der Waals surface area contributed by atoms with Crippen LogP contribution in [-0.2, 0) is 15.0 Å². The Morgan fingerprint density at radius 2 is 1.67 bits per heavy atom. The molecule has 7 nitrogen and oxygen atoms in total. The van der Waals surface area contributed by atoms with Crippen LogP contribution < -0.4 is 5.48 Å². The number of hydrogen-bond acceptors (Lipinski definition) is 5. The van der Waals surface area contributed by atoms with Crippen molar-refractivity contribution in [1.82, 2.24) is 15.4 Å². The summed E-state index contributed by atoms with van der Waals surface area (Å²) >= 11 is 0. The van der Waals surface area contributed by atoms with Crippen molar-refractivity contribution in [3.63, 3.8) is 0 Å². The minimum atomic E-state index is -0.651. The summed E-state index contributed by atoms with van der Waals surface area (Å²) in [6.45, 7) is 1.02. The molecule has 0 bridgehead atoms. The Morgan fingerprint density at radius 1 is 1.03 bits per heavy atom. The van der Waals surface area contributed by atoms with E-state index in [1.807, 2.05) is 30.3 Å². The van der Waals surface area contributed by atoms with E-state index in [4.69, 9.17) is 5.21 Å². The van der Waals surface area contributed by atoms with Gasteiger partial charge >= 0.3 is 0 Å². The third kappa shape index (κ3) is 4.99. The third-order valence-corrected chi connectivity index (χ3v) is 5.17. The van der Waals surface area contributed by atoms with E-state index >= 15 is 0 Å². The first kappa shape index (κ1) is 21.0. The minimum absolute atomic E-state index is 0.128. The molecule has 2 heterocycles. The smallest absolute Gasteiger partial charge is 0.267 e. The van der Waals surface area contributed by atoms with Crippen molar-refractivity contribution in [2.75, 3.05) is 13.1 Å². The number of aromatic nitrogens is 1. The zero-order chi connectivity index (χ0) is 21.4. The normalized spacial score (nSPS) is 15.8. The largest absolute Gasteiger partial charge is 0.339 e. The first-order valence-electron chi connectivity index (χ1n) is 9.59. The van der Waals surface area contributed by atoms with Crippen molar-refractivity contribution in [3.05, 3.63) is 77.6 Å². The molecule has 2 amide bonds. The number of hydroxylamine groups is 1. The van der Waals surface area contributed by atoms with Crippen LogP contribution >= 0.6 is 0 Å². The Balaban J connectivity index is 1.62. The lowest BCUT2D eigenvalue weighted by Gasteiger charge is -2.37. The first-order chi connectivity index (χ1) is 14.6. The SMILES string of the molecule is N#CC1(c2ccccc2)CCN(C(=O)C=Cc2cccc(C=CC(=O)NO)n2)CC1. The fraction of sp³-hybridized carbons (Fsp3) is 0.217. The van der Waals surface area contributed by atoms with Crippen LogP contribution in [0.2, 0.25) is 0 Å². The van der Waals surface area contributed by atoms with Gasteiger partial charge in [-0.15, -0.1) is 0 Å². The van der Waals surface area contributed by atoms with Gasteiger partial charge in [0.1, 0.15) is 0 Å².